The molecule has 2 N–H and O–H groups in total. The first-order valence-corrected chi connectivity index (χ1v) is 7.98. The fourth-order valence-electron chi connectivity index (χ4n) is 2.64. The number of halogens is 2. The molecule has 25 heavy (non-hydrogen) atoms. The number of carbonyl (C=O) groups is 2. The van der Waals surface area contributed by atoms with E-state index in [2.05, 4.69) is 10.6 Å². The van der Waals surface area contributed by atoms with E-state index in [1.54, 1.807) is 6.07 Å². The predicted molar refractivity (Wildman–Crippen MR) is 91.2 cm³/mol. The fraction of sp³-hybridized carbons (Fsp3) is 0.263. The predicted octanol–water partition coefficient (Wildman–Crippen LogP) is 3.94. The van der Waals surface area contributed by atoms with Gasteiger partial charge in [-0.05, 0) is 56.0 Å². The quantitative estimate of drug-likeness (QED) is 0.826. The summed E-state index contributed by atoms with van der Waals surface area (Å²) < 4.78 is 26.7. The number of hydrogen-bond acceptors (Lipinski definition) is 2. The van der Waals surface area contributed by atoms with Gasteiger partial charge in [-0.1, -0.05) is 12.1 Å². The van der Waals surface area contributed by atoms with Crippen LogP contribution in [0.15, 0.2) is 36.4 Å². The largest absolute Gasteiger partial charge is 0.325 e. The monoisotopic (exact) mass is 344 g/mol. The highest BCUT2D eigenvalue weighted by Crippen LogP contribution is 2.47. The van der Waals surface area contributed by atoms with Crippen molar-refractivity contribution in [1.82, 2.24) is 0 Å². The van der Waals surface area contributed by atoms with E-state index in [-0.39, 0.29) is 5.69 Å². The first-order valence-electron chi connectivity index (χ1n) is 7.98. The Morgan fingerprint density at radius 2 is 1.60 bits per heavy atom. The lowest BCUT2D eigenvalue weighted by Gasteiger charge is -2.17. The molecule has 0 saturated heterocycles. The minimum Gasteiger partial charge on any atom is -0.325 e. The Labute approximate surface area is 144 Å². The summed E-state index contributed by atoms with van der Waals surface area (Å²) in [7, 11) is 0. The van der Waals surface area contributed by atoms with Crippen molar-refractivity contribution >= 4 is 23.2 Å². The number of anilines is 2. The Balaban J connectivity index is 1.76. The smallest absolute Gasteiger partial charge is 0.240 e. The Bertz CT molecular complexity index is 860. The van der Waals surface area contributed by atoms with Crippen LogP contribution >= 0.6 is 0 Å². The zero-order chi connectivity index (χ0) is 18.2. The van der Waals surface area contributed by atoms with Gasteiger partial charge in [0, 0.05) is 11.8 Å². The van der Waals surface area contributed by atoms with E-state index in [0.717, 1.165) is 23.3 Å². The van der Waals surface area contributed by atoms with Gasteiger partial charge in [0.1, 0.15) is 17.0 Å². The van der Waals surface area contributed by atoms with Gasteiger partial charge >= 0.3 is 0 Å². The minimum atomic E-state index is -1.21. The molecule has 0 bridgehead atoms. The van der Waals surface area contributed by atoms with Crippen LogP contribution in [0.5, 0.6) is 0 Å². The third-order valence-corrected chi connectivity index (χ3v) is 4.65. The van der Waals surface area contributed by atoms with Gasteiger partial charge in [-0.2, -0.15) is 0 Å². The van der Waals surface area contributed by atoms with Crippen LogP contribution in [0.25, 0.3) is 0 Å². The number of nitrogens with one attached hydrogen (secondary N) is 2. The van der Waals surface area contributed by atoms with Gasteiger partial charge in [-0.25, -0.2) is 8.78 Å². The summed E-state index contributed by atoms with van der Waals surface area (Å²) in [6.07, 6.45) is 0.774. The molecule has 1 aliphatic carbocycles. The Hall–Kier alpha value is -2.76. The zero-order valence-electron chi connectivity index (χ0n) is 14.0. The van der Waals surface area contributed by atoms with Crippen LogP contribution < -0.4 is 10.6 Å². The number of benzene rings is 2. The van der Waals surface area contributed by atoms with Gasteiger partial charge in [0.25, 0.3) is 0 Å². The molecule has 2 aromatic rings. The number of amides is 2. The maximum absolute atomic E-state index is 13.7. The second-order valence-electron chi connectivity index (χ2n) is 6.36. The van der Waals surface area contributed by atoms with E-state index in [1.165, 1.54) is 0 Å². The van der Waals surface area contributed by atoms with Gasteiger partial charge in [-0.15, -0.1) is 0 Å². The van der Waals surface area contributed by atoms with E-state index in [4.69, 9.17) is 0 Å². The van der Waals surface area contributed by atoms with Crippen LogP contribution in [0.1, 0.15) is 24.0 Å². The summed E-state index contributed by atoms with van der Waals surface area (Å²) >= 11 is 0. The van der Waals surface area contributed by atoms with Crippen LogP contribution in [0.2, 0.25) is 0 Å². The van der Waals surface area contributed by atoms with Crippen molar-refractivity contribution < 1.29 is 18.4 Å². The van der Waals surface area contributed by atoms with Crippen molar-refractivity contribution in [2.45, 2.75) is 26.7 Å². The lowest BCUT2D eigenvalue weighted by Crippen LogP contribution is -2.36. The van der Waals surface area contributed by atoms with Crippen molar-refractivity contribution in [2.75, 3.05) is 10.6 Å². The molecular formula is C19H18F2N2O2. The van der Waals surface area contributed by atoms with Gasteiger partial charge in [0.05, 0.1) is 5.69 Å². The molecule has 3 rings (SSSR count). The summed E-state index contributed by atoms with van der Waals surface area (Å²) in [6.45, 7) is 3.82. The standard InChI is InChI=1S/C19H18F2N2O2/c1-11-4-3-5-15(12(11)2)22-17(24)19(8-9-19)18(25)23-16-7-6-13(20)10-14(16)21/h3-7,10H,8-9H2,1-2H3,(H,22,24)(H,23,25). The number of aryl methyl sites for hydroxylation is 1. The number of hydrogen-bond donors (Lipinski definition) is 2. The highest BCUT2D eigenvalue weighted by Gasteiger charge is 2.56. The first-order chi connectivity index (χ1) is 11.8. The highest BCUT2D eigenvalue weighted by molar-refractivity contribution is 6.17. The Kier molecular flexibility index (Phi) is 4.29. The molecule has 0 aromatic heterocycles. The summed E-state index contributed by atoms with van der Waals surface area (Å²) in [5, 5.41) is 5.18. The third kappa shape index (κ3) is 3.24. The zero-order valence-corrected chi connectivity index (χ0v) is 14.0. The maximum Gasteiger partial charge on any atom is 0.240 e. The van der Waals surface area contributed by atoms with Crippen LogP contribution in [0, 0.1) is 30.9 Å². The summed E-state index contributed by atoms with van der Waals surface area (Å²) in [4.78, 5) is 25.1. The van der Waals surface area contributed by atoms with Crippen LogP contribution in [0.4, 0.5) is 20.2 Å². The molecule has 6 heteroatoms. The third-order valence-electron chi connectivity index (χ3n) is 4.65. The minimum absolute atomic E-state index is 0.141. The molecule has 2 aromatic carbocycles. The molecule has 1 fully saturated rings. The molecule has 4 nitrogen and oxygen atoms in total. The van der Waals surface area contributed by atoms with Gasteiger partial charge < -0.3 is 10.6 Å². The van der Waals surface area contributed by atoms with Crippen molar-refractivity contribution in [3.8, 4) is 0 Å². The van der Waals surface area contributed by atoms with Crippen LogP contribution in [-0.4, -0.2) is 11.8 Å². The van der Waals surface area contributed by atoms with Crippen LogP contribution in [0.3, 0.4) is 0 Å². The molecule has 0 spiro atoms. The van der Waals surface area contributed by atoms with E-state index in [9.17, 15) is 18.4 Å². The molecule has 1 saturated carbocycles. The summed E-state index contributed by atoms with van der Waals surface area (Å²) in [5.41, 5.74) is 1.25. The Morgan fingerprint density at radius 3 is 2.20 bits per heavy atom. The van der Waals surface area contributed by atoms with E-state index in [0.29, 0.717) is 24.6 Å². The average molecular weight is 344 g/mol. The fourth-order valence-corrected chi connectivity index (χ4v) is 2.64. The van der Waals surface area contributed by atoms with Gasteiger partial charge in [0.2, 0.25) is 11.8 Å². The number of carbonyl (C=O) groups excluding carboxylic acids is 2. The normalized spacial score (nSPS) is 14.7. The lowest BCUT2D eigenvalue weighted by molar-refractivity contribution is -0.131. The molecule has 0 aliphatic heterocycles. The topological polar surface area (TPSA) is 58.2 Å². The maximum atomic E-state index is 13.7. The van der Waals surface area contributed by atoms with E-state index in [1.807, 2.05) is 26.0 Å². The van der Waals surface area contributed by atoms with Crippen molar-refractivity contribution in [1.29, 1.82) is 0 Å². The molecule has 0 radical (unpaired) electrons. The molecular weight excluding hydrogens is 326 g/mol. The molecule has 0 unspecified atom stereocenters. The molecule has 2 amide bonds. The Morgan fingerprint density at radius 1 is 0.960 bits per heavy atom. The second-order valence-corrected chi connectivity index (χ2v) is 6.36. The number of rotatable bonds is 4. The summed E-state index contributed by atoms with van der Waals surface area (Å²) in [6, 6.07) is 8.41. The highest BCUT2D eigenvalue weighted by atomic mass is 19.1. The molecule has 0 atom stereocenters. The summed E-state index contributed by atoms with van der Waals surface area (Å²) in [5.74, 6) is -2.61. The van der Waals surface area contributed by atoms with Crippen molar-refractivity contribution in [3.05, 3.63) is 59.2 Å². The lowest BCUT2D eigenvalue weighted by atomic mass is 10.0. The second kappa shape index (κ2) is 6.27. The average Bonchev–Trinajstić information content (AvgIpc) is 3.36. The molecule has 0 heterocycles. The SMILES string of the molecule is Cc1cccc(NC(=O)C2(C(=O)Nc3ccc(F)cc3F)CC2)c1C. The van der Waals surface area contributed by atoms with Crippen molar-refractivity contribution in [3.63, 3.8) is 0 Å². The molecule has 130 valence electrons. The van der Waals surface area contributed by atoms with Crippen LogP contribution in [-0.2, 0) is 9.59 Å². The van der Waals surface area contributed by atoms with E-state index < -0.39 is 28.9 Å². The van der Waals surface area contributed by atoms with E-state index >= 15 is 0 Å². The molecule has 1 aliphatic rings. The van der Waals surface area contributed by atoms with Gasteiger partial charge in [0.15, 0.2) is 0 Å². The van der Waals surface area contributed by atoms with Crippen molar-refractivity contribution in [2.24, 2.45) is 5.41 Å². The first kappa shape index (κ1) is 17.1. The van der Waals surface area contributed by atoms with Gasteiger partial charge in [-0.3, -0.25) is 9.59 Å².